The van der Waals surface area contributed by atoms with Gasteiger partial charge in [-0.3, -0.25) is 0 Å². The summed E-state index contributed by atoms with van der Waals surface area (Å²) in [5.74, 6) is 2.17. The standard InChI is InChI=1S/C29H26ClFN4O4S.C8H10.H2O/c1-40(36,37)12-11-32-16-23-7-10-27(39-23)20-5-8-26-24(14-20)29(34-18-33-26)35-22-6-9-28(25(30)15-22)38-17-19-3-2-4-21(31)13-19;1-7-3-5-8(2)6-4-7;/h2-10,13-15,18,32H,11-12,16-17H2,1H3,(H,33,34,35);3-6H,1-2H3;1H2. The zero-order valence-corrected chi connectivity index (χ0v) is 28.9. The normalized spacial score (nSPS) is 11.0. The molecule has 9 nitrogen and oxygen atoms in total. The third-order valence-electron chi connectivity index (χ3n) is 7.23. The highest BCUT2D eigenvalue weighted by molar-refractivity contribution is 7.90. The largest absolute Gasteiger partial charge is 0.487 e. The van der Waals surface area contributed by atoms with Gasteiger partial charge in [0, 0.05) is 29.4 Å². The van der Waals surface area contributed by atoms with Gasteiger partial charge in [-0.15, -0.1) is 0 Å². The number of aromatic nitrogens is 2. The summed E-state index contributed by atoms with van der Waals surface area (Å²) in [6.07, 6.45) is 2.69. The number of fused-ring (bicyclic) bond motifs is 1. The number of rotatable bonds is 11. The first-order valence-corrected chi connectivity index (χ1v) is 17.7. The molecular formula is C37H38ClFN4O5S. The van der Waals surface area contributed by atoms with E-state index in [4.69, 9.17) is 20.8 Å². The molecule has 6 rings (SSSR count). The van der Waals surface area contributed by atoms with Crippen LogP contribution in [0.25, 0.3) is 22.2 Å². The van der Waals surface area contributed by atoms with E-state index in [9.17, 15) is 12.8 Å². The van der Waals surface area contributed by atoms with E-state index in [2.05, 4.69) is 58.7 Å². The monoisotopic (exact) mass is 704 g/mol. The van der Waals surface area contributed by atoms with E-state index in [1.165, 1.54) is 35.8 Å². The molecule has 0 atom stereocenters. The summed E-state index contributed by atoms with van der Waals surface area (Å²) < 4.78 is 47.8. The molecule has 6 aromatic rings. The van der Waals surface area contributed by atoms with Crippen LogP contribution in [-0.2, 0) is 23.0 Å². The number of nitrogens with zero attached hydrogens (tertiary/aromatic N) is 2. The highest BCUT2D eigenvalue weighted by atomic mass is 35.5. The second-order valence-electron chi connectivity index (χ2n) is 11.4. The molecule has 256 valence electrons. The van der Waals surface area contributed by atoms with Crippen molar-refractivity contribution in [3.05, 3.63) is 137 Å². The average Bonchev–Trinajstić information content (AvgIpc) is 3.53. The minimum atomic E-state index is -3.02. The first kappa shape index (κ1) is 37.0. The van der Waals surface area contributed by atoms with Crippen LogP contribution in [0.3, 0.4) is 0 Å². The highest BCUT2D eigenvalue weighted by Gasteiger charge is 2.11. The maximum atomic E-state index is 13.4. The van der Waals surface area contributed by atoms with Crippen molar-refractivity contribution in [3.8, 4) is 17.1 Å². The van der Waals surface area contributed by atoms with Crippen LogP contribution >= 0.6 is 11.6 Å². The van der Waals surface area contributed by atoms with Crippen LogP contribution in [-0.4, -0.2) is 42.4 Å². The van der Waals surface area contributed by atoms with Crippen molar-refractivity contribution < 1.29 is 27.4 Å². The SMILES string of the molecule is CS(=O)(=O)CCNCc1ccc(-c2ccc3ncnc(Nc4ccc(OCc5cccc(F)c5)c(Cl)c4)c3c2)o1.Cc1ccc(C)cc1.O. The summed E-state index contributed by atoms with van der Waals surface area (Å²) in [6.45, 7) is 5.15. The zero-order valence-electron chi connectivity index (χ0n) is 27.3. The Morgan fingerprint density at radius 1 is 0.898 bits per heavy atom. The number of anilines is 2. The number of aryl methyl sites for hydroxylation is 2. The van der Waals surface area contributed by atoms with Crippen LogP contribution in [0.1, 0.15) is 22.5 Å². The highest BCUT2D eigenvalue weighted by Crippen LogP contribution is 2.33. The third-order valence-corrected chi connectivity index (χ3v) is 8.47. The lowest BCUT2D eigenvalue weighted by Crippen LogP contribution is -2.21. The van der Waals surface area contributed by atoms with Gasteiger partial charge in [0.15, 0.2) is 0 Å². The fraction of sp³-hybridized carbons (Fsp3) is 0.189. The summed E-state index contributed by atoms with van der Waals surface area (Å²) in [5.41, 5.74) is 5.65. The first-order valence-electron chi connectivity index (χ1n) is 15.2. The van der Waals surface area contributed by atoms with Crippen LogP contribution < -0.4 is 15.4 Å². The summed E-state index contributed by atoms with van der Waals surface area (Å²) in [5, 5.41) is 7.56. The fourth-order valence-electron chi connectivity index (χ4n) is 4.66. The summed E-state index contributed by atoms with van der Waals surface area (Å²) in [6, 6.07) is 29.5. The second kappa shape index (κ2) is 17.0. The number of hydrogen-bond donors (Lipinski definition) is 2. The Labute approximate surface area is 290 Å². The molecule has 0 aliphatic rings. The van der Waals surface area contributed by atoms with Crippen molar-refractivity contribution in [2.45, 2.75) is 27.0 Å². The quantitative estimate of drug-likeness (QED) is 0.131. The van der Waals surface area contributed by atoms with Gasteiger partial charge in [0.1, 0.15) is 51.7 Å². The van der Waals surface area contributed by atoms with Gasteiger partial charge in [0.25, 0.3) is 0 Å². The van der Waals surface area contributed by atoms with E-state index in [0.717, 1.165) is 16.5 Å². The Balaban J connectivity index is 0.000000529. The molecule has 2 aromatic heterocycles. The molecule has 49 heavy (non-hydrogen) atoms. The predicted octanol–water partition coefficient (Wildman–Crippen LogP) is 7.62. The van der Waals surface area contributed by atoms with E-state index < -0.39 is 9.84 Å². The van der Waals surface area contributed by atoms with Crippen LogP contribution in [0.2, 0.25) is 5.02 Å². The Hall–Kier alpha value is -4.81. The molecule has 12 heteroatoms. The fourth-order valence-corrected chi connectivity index (χ4v) is 5.41. The molecule has 0 aliphatic heterocycles. The molecule has 0 aliphatic carbocycles. The molecule has 4 N–H and O–H groups in total. The number of benzene rings is 4. The molecule has 0 fully saturated rings. The molecule has 2 heterocycles. The summed E-state index contributed by atoms with van der Waals surface area (Å²) >= 11 is 6.47. The van der Waals surface area contributed by atoms with Gasteiger partial charge in [-0.05, 0) is 80.1 Å². The molecule has 4 aromatic carbocycles. The topological polar surface area (TPSA) is 138 Å². The van der Waals surface area contributed by atoms with E-state index in [1.54, 1.807) is 24.3 Å². The number of furan rings is 1. The van der Waals surface area contributed by atoms with Crippen molar-refractivity contribution in [1.82, 2.24) is 15.3 Å². The van der Waals surface area contributed by atoms with E-state index in [1.807, 2.05) is 36.4 Å². The third kappa shape index (κ3) is 11.1. The molecule has 0 amide bonds. The van der Waals surface area contributed by atoms with Gasteiger partial charge in [-0.25, -0.2) is 22.8 Å². The van der Waals surface area contributed by atoms with Gasteiger partial charge >= 0.3 is 0 Å². The van der Waals surface area contributed by atoms with Crippen molar-refractivity contribution in [2.24, 2.45) is 0 Å². The molecule has 0 saturated heterocycles. The number of sulfone groups is 1. The second-order valence-corrected chi connectivity index (χ2v) is 14.0. The van der Waals surface area contributed by atoms with Gasteiger partial charge in [-0.2, -0.15) is 0 Å². The van der Waals surface area contributed by atoms with Gasteiger partial charge in [0.05, 0.1) is 22.8 Å². The number of halogens is 2. The van der Waals surface area contributed by atoms with Crippen molar-refractivity contribution in [2.75, 3.05) is 23.9 Å². The lowest BCUT2D eigenvalue weighted by Gasteiger charge is -2.12. The molecule has 0 spiro atoms. The maximum absolute atomic E-state index is 13.4. The van der Waals surface area contributed by atoms with Gasteiger partial charge < -0.3 is 25.3 Å². The van der Waals surface area contributed by atoms with Gasteiger partial charge in [0.2, 0.25) is 0 Å². The minimum absolute atomic E-state index is 0. The zero-order chi connectivity index (χ0) is 34.1. The minimum Gasteiger partial charge on any atom is -0.487 e. The average molecular weight is 705 g/mol. The molecule has 0 radical (unpaired) electrons. The lowest BCUT2D eigenvalue weighted by atomic mass is 10.1. The Morgan fingerprint density at radius 3 is 2.35 bits per heavy atom. The Morgan fingerprint density at radius 2 is 1.65 bits per heavy atom. The molecule has 0 unspecified atom stereocenters. The maximum Gasteiger partial charge on any atom is 0.148 e. The Kier molecular flexibility index (Phi) is 12.9. The van der Waals surface area contributed by atoms with Crippen LogP contribution in [0.4, 0.5) is 15.9 Å². The van der Waals surface area contributed by atoms with Crippen LogP contribution in [0.15, 0.2) is 108 Å². The first-order chi connectivity index (χ1) is 23.0. The van der Waals surface area contributed by atoms with Gasteiger partial charge in [-0.1, -0.05) is 59.1 Å². The van der Waals surface area contributed by atoms with Crippen molar-refractivity contribution in [3.63, 3.8) is 0 Å². The molecule has 0 saturated carbocycles. The molecular weight excluding hydrogens is 667 g/mol. The summed E-state index contributed by atoms with van der Waals surface area (Å²) in [7, 11) is -3.02. The van der Waals surface area contributed by atoms with Crippen molar-refractivity contribution >= 4 is 43.8 Å². The van der Waals surface area contributed by atoms with Crippen LogP contribution in [0, 0.1) is 19.7 Å². The number of nitrogens with one attached hydrogen (secondary N) is 2. The predicted molar refractivity (Wildman–Crippen MR) is 194 cm³/mol. The van der Waals surface area contributed by atoms with E-state index >= 15 is 0 Å². The lowest BCUT2D eigenvalue weighted by molar-refractivity contribution is 0.306. The van der Waals surface area contributed by atoms with E-state index in [0.29, 0.717) is 52.5 Å². The summed E-state index contributed by atoms with van der Waals surface area (Å²) in [4.78, 5) is 8.80. The molecule has 0 bridgehead atoms. The Bertz CT molecular complexity index is 2090. The van der Waals surface area contributed by atoms with Crippen molar-refractivity contribution in [1.29, 1.82) is 0 Å². The van der Waals surface area contributed by atoms with E-state index in [-0.39, 0.29) is 23.7 Å². The van der Waals surface area contributed by atoms with Crippen LogP contribution in [0.5, 0.6) is 5.75 Å². The number of ether oxygens (including phenoxy) is 1. The number of hydrogen-bond acceptors (Lipinski definition) is 8. The smallest absolute Gasteiger partial charge is 0.148 e.